The van der Waals surface area contributed by atoms with Crippen molar-refractivity contribution in [3.63, 3.8) is 0 Å². The van der Waals surface area contributed by atoms with Crippen LogP contribution in [0.2, 0.25) is 5.02 Å². The lowest BCUT2D eigenvalue weighted by molar-refractivity contribution is -0.137. The van der Waals surface area contributed by atoms with E-state index in [2.05, 4.69) is 40.1 Å². The second-order valence-electron chi connectivity index (χ2n) is 10.7. The van der Waals surface area contributed by atoms with Crippen molar-refractivity contribution in [3.8, 4) is 5.75 Å². The molecule has 0 aliphatic carbocycles. The van der Waals surface area contributed by atoms with Gasteiger partial charge in [0, 0.05) is 50.4 Å². The molecule has 4 aromatic rings. The summed E-state index contributed by atoms with van der Waals surface area (Å²) in [6, 6.07) is 32.6. The van der Waals surface area contributed by atoms with Crippen LogP contribution in [0.25, 0.3) is 0 Å². The summed E-state index contributed by atoms with van der Waals surface area (Å²) in [4.78, 5) is 4.46. The number of morpholine rings is 1. The number of halogens is 5. The maximum atomic E-state index is 13.7. The highest BCUT2D eigenvalue weighted by atomic mass is 35.5. The van der Waals surface area contributed by atoms with Gasteiger partial charge in [-0.25, -0.2) is 0 Å². The number of anilines is 1. The van der Waals surface area contributed by atoms with Crippen LogP contribution in [0.3, 0.4) is 0 Å². The predicted molar refractivity (Wildman–Crippen MR) is 173 cm³/mol. The monoisotopic (exact) mass is 644 g/mol. The number of rotatable bonds is 12. The first-order chi connectivity index (χ1) is 20.9. The summed E-state index contributed by atoms with van der Waals surface area (Å²) in [5, 5.41) is -0.243. The Morgan fingerprint density at radius 1 is 0.841 bits per heavy atom. The Hall–Kier alpha value is -3.23. The van der Waals surface area contributed by atoms with Crippen LogP contribution in [0.5, 0.6) is 5.75 Å². The third-order valence-corrected chi connectivity index (χ3v) is 8.15. The smallest absolute Gasteiger partial charge is 0.417 e. The van der Waals surface area contributed by atoms with E-state index >= 15 is 0 Å². The molecule has 9 heteroatoms. The Kier molecular flexibility index (Phi) is 12.4. The van der Waals surface area contributed by atoms with Gasteiger partial charge in [-0.1, -0.05) is 90.5 Å². The van der Waals surface area contributed by atoms with Gasteiger partial charge in [0.25, 0.3) is 0 Å². The molecule has 1 heterocycles. The minimum Gasteiger partial charge on any atom is -0.493 e. The van der Waals surface area contributed by atoms with Crippen LogP contribution in [0, 0.1) is 0 Å². The molecule has 4 nitrogen and oxygen atoms in total. The van der Waals surface area contributed by atoms with Crippen molar-refractivity contribution < 1.29 is 22.6 Å². The van der Waals surface area contributed by atoms with Crippen LogP contribution >= 0.6 is 24.0 Å². The van der Waals surface area contributed by atoms with Gasteiger partial charge in [0.2, 0.25) is 0 Å². The largest absolute Gasteiger partial charge is 0.493 e. The highest BCUT2D eigenvalue weighted by Crippen LogP contribution is 2.37. The summed E-state index contributed by atoms with van der Waals surface area (Å²) in [6.07, 6.45) is -3.83. The van der Waals surface area contributed by atoms with Gasteiger partial charge >= 0.3 is 6.18 Å². The van der Waals surface area contributed by atoms with Gasteiger partial charge in [-0.2, -0.15) is 13.2 Å². The number of hydrogen-bond acceptors (Lipinski definition) is 4. The maximum Gasteiger partial charge on any atom is 0.417 e. The third-order valence-electron chi connectivity index (χ3n) is 7.70. The van der Waals surface area contributed by atoms with Crippen molar-refractivity contribution in [2.75, 3.05) is 50.9 Å². The molecule has 0 radical (unpaired) electrons. The van der Waals surface area contributed by atoms with E-state index in [1.165, 1.54) is 6.07 Å². The lowest BCUT2D eigenvalue weighted by Gasteiger charge is -2.29. The Bertz CT molecular complexity index is 1400. The minimum absolute atomic E-state index is 0. The van der Waals surface area contributed by atoms with Crippen molar-refractivity contribution in [2.45, 2.75) is 25.1 Å². The van der Waals surface area contributed by atoms with Crippen molar-refractivity contribution in [2.24, 2.45) is 0 Å². The molecule has 1 aliphatic heterocycles. The fraction of sp³-hybridized carbons (Fsp3) is 0.314. The molecule has 1 fully saturated rings. The van der Waals surface area contributed by atoms with Crippen LogP contribution in [0.4, 0.5) is 18.9 Å². The first kappa shape index (κ1) is 33.7. The highest BCUT2D eigenvalue weighted by molar-refractivity contribution is 6.32. The molecule has 0 spiro atoms. The van der Waals surface area contributed by atoms with Crippen molar-refractivity contribution in [1.29, 1.82) is 0 Å². The van der Waals surface area contributed by atoms with E-state index in [0.717, 1.165) is 41.7 Å². The molecule has 44 heavy (non-hydrogen) atoms. The Morgan fingerprint density at radius 2 is 1.48 bits per heavy atom. The molecule has 234 valence electrons. The average molecular weight is 646 g/mol. The quantitative estimate of drug-likeness (QED) is 0.144. The van der Waals surface area contributed by atoms with Gasteiger partial charge < -0.3 is 14.4 Å². The van der Waals surface area contributed by atoms with E-state index in [9.17, 15) is 13.2 Å². The second-order valence-corrected chi connectivity index (χ2v) is 11.1. The Morgan fingerprint density at radius 3 is 2.11 bits per heavy atom. The summed E-state index contributed by atoms with van der Waals surface area (Å²) >= 11 is 6.35. The van der Waals surface area contributed by atoms with Gasteiger partial charge in [0.1, 0.15) is 5.75 Å². The number of alkyl halides is 3. The van der Waals surface area contributed by atoms with E-state index in [1.807, 2.05) is 54.6 Å². The zero-order chi connectivity index (χ0) is 30.1. The summed E-state index contributed by atoms with van der Waals surface area (Å²) < 4.78 is 52.6. The second kappa shape index (κ2) is 16.2. The Labute approximate surface area is 268 Å². The number of nitrogens with zero attached hydrogens (tertiary/aromatic N) is 2. The third kappa shape index (κ3) is 9.14. The first-order valence-corrected chi connectivity index (χ1v) is 15.0. The molecule has 0 saturated carbocycles. The van der Waals surface area contributed by atoms with Crippen LogP contribution in [-0.4, -0.2) is 50.9 Å². The molecule has 0 bridgehead atoms. The van der Waals surface area contributed by atoms with Crippen LogP contribution < -0.4 is 9.64 Å². The molecular weight excluding hydrogens is 608 g/mol. The lowest BCUT2D eigenvalue weighted by Crippen LogP contribution is -2.36. The topological polar surface area (TPSA) is 24.9 Å². The van der Waals surface area contributed by atoms with E-state index in [-0.39, 0.29) is 29.9 Å². The predicted octanol–water partition coefficient (Wildman–Crippen LogP) is 8.72. The van der Waals surface area contributed by atoms with Gasteiger partial charge in [0.05, 0.1) is 30.4 Å². The number of hydrogen-bond donors (Lipinski definition) is 0. The molecule has 1 saturated heterocycles. The zero-order valence-electron chi connectivity index (χ0n) is 24.4. The van der Waals surface area contributed by atoms with E-state index in [4.69, 9.17) is 21.1 Å². The van der Waals surface area contributed by atoms with E-state index in [0.29, 0.717) is 44.9 Å². The Balaban J connectivity index is 0.00000442. The summed E-state index contributed by atoms with van der Waals surface area (Å²) in [5.74, 6) is 0.820. The van der Waals surface area contributed by atoms with Crippen molar-refractivity contribution in [1.82, 2.24) is 4.90 Å². The fourth-order valence-corrected chi connectivity index (χ4v) is 5.79. The summed E-state index contributed by atoms with van der Waals surface area (Å²) in [5.41, 5.74) is 3.04. The first-order valence-electron chi connectivity index (χ1n) is 14.6. The molecule has 1 aliphatic rings. The fourth-order valence-electron chi connectivity index (χ4n) is 5.50. The zero-order valence-corrected chi connectivity index (χ0v) is 26.0. The van der Waals surface area contributed by atoms with Gasteiger partial charge in [-0.3, -0.25) is 4.90 Å². The highest BCUT2D eigenvalue weighted by Gasteiger charge is 2.34. The van der Waals surface area contributed by atoms with Gasteiger partial charge in [-0.15, -0.1) is 12.4 Å². The van der Waals surface area contributed by atoms with E-state index < -0.39 is 11.7 Å². The minimum atomic E-state index is -4.52. The lowest BCUT2D eigenvalue weighted by atomic mass is 9.90. The summed E-state index contributed by atoms with van der Waals surface area (Å²) in [7, 11) is 0. The number of ether oxygens (including phenoxy) is 2. The molecule has 0 atom stereocenters. The van der Waals surface area contributed by atoms with Crippen LogP contribution in [0.1, 0.15) is 34.6 Å². The maximum absolute atomic E-state index is 13.7. The van der Waals surface area contributed by atoms with E-state index in [1.54, 1.807) is 6.07 Å². The number of benzene rings is 4. The summed E-state index contributed by atoms with van der Waals surface area (Å²) in [6.45, 7) is 5.10. The van der Waals surface area contributed by atoms with Crippen molar-refractivity contribution >= 4 is 29.7 Å². The van der Waals surface area contributed by atoms with Crippen LogP contribution in [-0.2, 0) is 17.5 Å². The normalized spacial score (nSPS) is 13.6. The molecular formula is C35H37Cl2F3N2O2. The van der Waals surface area contributed by atoms with Gasteiger partial charge in [-0.05, 0) is 41.3 Å². The molecule has 0 amide bonds. The molecule has 0 aromatic heterocycles. The SMILES string of the molecule is Cl.FC(F)(F)c1cccc(CN(CCCOc2cccc(N3CCOCC3)c2)CC(c2ccccc2)c2ccccc2)c1Cl. The molecule has 5 rings (SSSR count). The molecule has 0 N–H and O–H groups in total. The average Bonchev–Trinajstić information content (AvgIpc) is 3.03. The molecule has 4 aromatic carbocycles. The van der Waals surface area contributed by atoms with Crippen LogP contribution in [0.15, 0.2) is 103 Å². The molecule has 0 unspecified atom stereocenters. The standard InChI is InChI=1S/C35H36ClF3N2O2.ClH/c36-34-29(14-7-17-33(34)35(37,38)39)25-40(26-32(27-10-3-1-4-11-27)28-12-5-2-6-13-28)18-9-21-43-31-16-8-15-30(24-31)41-19-22-42-23-20-41;/h1-8,10-17,24,32H,9,18-23,25-26H2;1H. The van der Waals surface area contributed by atoms with Crippen molar-refractivity contribution in [3.05, 3.63) is 130 Å². The van der Waals surface area contributed by atoms with Gasteiger partial charge in [0.15, 0.2) is 0 Å².